The first-order chi connectivity index (χ1) is 7.00. The Labute approximate surface area is 92.5 Å². The van der Waals surface area contributed by atoms with Crippen LogP contribution in [0.2, 0.25) is 0 Å². The average molecular weight is 204 g/mol. The molecule has 1 aliphatic carbocycles. The highest BCUT2D eigenvalue weighted by Gasteiger charge is 2.28. The maximum absolute atomic E-state index is 5.75. The molecule has 0 aromatic carbocycles. The lowest BCUT2D eigenvalue weighted by Crippen LogP contribution is -2.11. The topological polar surface area (TPSA) is 9.23 Å². The minimum Gasteiger partial charge on any atom is -0.493 e. The zero-order valence-corrected chi connectivity index (χ0v) is 10.2. The van der Waals surface area contributed by atoms with Gasteiger partial charge in [0.25, 0.3) is 0 Å². The van der Waals surface area contributed by atoms with Crippen molar-refractivity contribution in [2.75, 3.05) is 6.61 Å². The van der Waals surface area contributed by atoms with E-state index in [0.29, 0.717) is 0 Å². The Kier molecular flexibility index (Phi) is 2.49. The van der Waals surface area contributed by atoms with Crippen molar-refractivity contribution >= 4 is 0 Å². The van der Waals surface area contributed by atoms with Crippen LogP contribution in [0.15, 0.2) is 34.6 Å². The molecule has 0 fully saturated rings. The van der Waals surface area contributed by atoms with Gasteiger partial charge in [0, 0.05) is 12.0 Å². The summed E-state index contributed by atoms with van der Waals surface area (Å²) in [4.78, 5) is 0. The van der Waals surface area contributed by atoms with Gasteiger partial charge in [0.1, 0.15) is 5.76 Å². The van der Waals surface area contributed by atoms with Crippen molar-refractivity contribution in [2.24, 2.45) is 5.41 Å². The lowest BCUT2D eigenvalue weighted by molar-refractivity contribution is 0.252. The Bertz CT molecular complexity index is 361. The van der Waals surface area contributed by atoms with Crippen LogP contribution in [0.1, 0.15) is 40.5 Å². The molecule has 0 saturated carbocycles. The Hall–Kier alpha value is -0.980. The smallest absolute Gasteiger partial charge is 0.125 e. The lowest BCUT2D eigenvalue weighted by atomic mass is 9.80. The van der Waals surface area contributed by atoms with Crippen LogP contribution in [0, 0.1) is 5.41 Å². The van der Waals surface area contributed by atoms with E-state index in [2.05, 4.69) is 39.8 Å². The van der Waals surface area contributed by atoms with E-state index in [0.717, 1.165) is 25.2 Å². The van der Waals surface area contributed by atoms with Crippen molar-refractivity contribution in [1.29, 1.82) is 0 Å². The van der Waals surface area contributed by atoms with E-state index in [1.807, 2.05) is 0 Å². The van der Waals surface area contributed by atoms with Gasteiger partial charge >= 0.3 is 0 Å². The molecule has 15 heavy (non-hydrogen) atoms. The molecule has 0 N–H and O–H groups in total. The van der Waals surface area contributed by atoms with Crippen LogP contribution in [-0.4, -0.2) is 6.61 Å². The minimum atomic E-state index is 0.229. The van der Waals surface area contributed by atoms with Gasteiger partial charge in [-0.05, 0) is 29.9 Å². The summed E-state index contributed by atoms with van der Waals surface area (Å²) < 4.78 is 5.75. The highest BCUT2D eigenvalue weighted by Crippen LogP contribution is 2.41. The molecular formula is C14H20O. The second kappa shape index (κ2) is 3.55. The predicted molar refractivity (Wildman–Crippen MR) is 63.5 cm³/mol. The summed E-state index contributed by atoms with van der Waals surface area (Å²) in [5.74, 6) is 1.15. The van der Waals surface area contributed by atoms with Gasteiger partial charge in [0.2, 0.25) is 0 Å². The zero-order valence-electron chi connectivity index (χ0n) is 10.2. The van der Waals surface area contributed by atoms with Crippen molar-refractivity contribution in [2.45, 2.75) is 40.5 Å². The van der Waals surface area contributed by atoms with Gasteiger partial charge in [-0.3, -0.25) is 0 Å². The summed E-state index contributed by atoms with van der Waals surface area (Å²) in [5, 5.41) is 0. The van der Waals surface area contributed by atoms with Gasteiger partial charge in [-0.1, -0.05) is 32.9 Å². The summed E-state index contributed by atoms with van der Waals surface area (Å²) in [7, 11) is 0. The van der Waals surface area contributed by atoms with E-state index in [9.17, 15) is 0 Å². The molecule has 2 rings (SSSR count). The van der Waals surface area contributed by atoms with E-state index in [1.165, 1.54) is 16.7 Å². The quantitative estimate of drug-likeness (QED) is 0.580. The molecule has 1 aliphatic heterocycles. The third kappa shape index (κ3) is 1.88. The third-order valence-corrected chi connectivity index (χ3v) is 3.11. The summed E-state index contributed by atoms with van der Waals surface area (Å²) in [6, 6.07) is 0. The molecule has 0 aromatic heterocycles. The van der Waals surface area contributed by atoms with E-state index in [1.54, 1.807) is 0 Å². The molecule has 1 heteroatoms. The van der Waals surface area contributed by atoms with E-state index in [4.69, 9.17) is 4.74 Å². The van der Waals surface area contributed by atoms with Gasteiger partial charge in [-0.25, -0.2) is 0 Å². The molecule has 1 nitrogen and oxygen atoms in total. The zero-order chi connectivity index (χ0) is 11.1. The van der Waals surface area contributed by atoms with Crippen molar-refractivity contribution < 1.29 is 4.74 Å². The van der Waals surface area contributed by atoms with Crippen molar-refractivity contribution in [3.05, 3.63) is 34.6 Å². The summed E-state index contributed by atoms with van der Waals surface area (Å²) in [6.07, 6.45) is 6.73. The predicted octanol–water partition coefficient (Wildman–Crippen LogP) is 3.98. The molecule has 0 bridgehead atoms. The Balaban J connectivity index is 2.47. The molecule has 0 aromatic rings. The van der Waals surface area contributed by atoms with Crippen LogP contribution in [0.4, 0.5) is 0 Å². The molecule has 0 saturated heterocycles. The first-order valence-corrected chi connectivity index (χ1v) is 5.74. The van der Waals surface area contributed by atoms with Crippen molar-refractivity contribution in [3.63, 3.8) is 0 Å². The number of ether oxygens (including phenoxy) is 1. The van der Waals surface area contributed by atoms with Crippen LogP contribution in [-0.2, 0) is 4.74 Å². The van der Waals surface area contributed by atoms with Crippen molar-refractivity contribution in [3.8, 4) is 0 Å². The second-order valence-corrected chi connectivity index (χ2v) is 5.40. The van der Waals surface area contributed by atoms with Crippen LogP contribution in [0.5, 0.6) is 0 Å². The average Bonchev–Trinajstić information content (AvgIpc) is 2.52. The summed E-state index contributed by atoms with van der Waals surface area (Å²) in [6.45, 7) is 9.84. The molecule has 0 unspecified atom stereocenters. The highest BCUT2D eigenvalue weighted by atomic mass is 16.5. The Morgan fingerprint density at radius 3 is 2.60 bits per heavy atom. The van der Waals surface area contributed by atoms with E-state index < -0.39 is 0 Å². The van der Waals surface area contributed by atoms with Gasteiger partial charge < -0.3 is 4.74 Å². The largest absolute Gasteiger partial charge is 0.493 e. The highest BCUT2D eigenvalue weighted by molar-refractivity contribution is 5.47. The van der Waals surface area contributed by atoms with E-state index >= 15 is 0 Å². The monoisotopic (exact) mass is 204 g/mol. The third-order valence-electron chi connectivity index (χ3n) is 3.11. The summed E-state index contributed by atoms with van der Waals surface area (Å²) >= 11 is 0. The van der Waals surface area contributed by atoms with Crippen LogP contribution in [0.3, 0.4) is 0 Å². The number of hydrogen-bond acceptors (Lipinski definition) is 1. The second-order valence-electron chi connectivity index (χ2n) is 5.40. The lowest BCUT2D eigenvalue weighted by Gasteiger charge is -2.24. The molecule has 0 atom stereocenters. The SMILES string of the molecule is CC1=CCC=C(C(C)(C)C)C2=C1OCC2. The number of rotatable bonds is 0. The van der Waals surface area contributed by atoms with Crippen LogP contribution in [0.25, 0.3) is 0 Å². The molecule has 0 radical (unpaired) electrons. The maximum atomic E-state index is 5.75. The van der Waals surface area contributed by atoms with Crippen molar-refractivity contribution in [1.82, 2.24) is 0 Å². The van der Waals surface area contributed by atoms with Gasteiger partial charge in [-0.2, -0.15) is 0 Å². The number of hydrogen-bond donors (Lipinski definition) is 0. The Morgan fingerprint density at radius 2 is 1.93 bits per heavy atom. The fourth-order valence-electron chi connectivity index (χ4n) is 2.39. The van der Waals surface area contributed by atoms with Crippen LogP contribution < -0.4 is 0 Å². The van der Waals surface area contributed by atoms with Gasteiger partial charge in [-0.15, -0.1) is 0 Å². The summed E-state index contributed by atoms with van der Waals surface area (Å²) in [5.41, 5.74) is 4.45. The fraction of sp³-hybridized carbons (Fsp3) is 0.571. The fourth-order valence-corrected chi connectivity index (χ4v) is 2.39. The first kappa shape index (κ1) is 10.5. The van der Waals surface area contributed by atoms with Gasteiger partial charge in [0.05, 0.1) is 6.61 Å². The van der Waals surface area contributed by atoms with Crippen LogP contribution >= 0.6 is 0 Å². The maximum Gasteiger partial charge on any atom is 0.125 e. The molecule has 0 spiro atoms. The Morgan fingerprint density at radius 1 is 1.20 bits per heavy atom. The molecule has 82 valence electrons. The molecule has 2 aliphatic rings. The van der Waals surface area contributed by atoms with E-state index in [-0.39, 0.29) is 5.41 Å². The molecule has 0 amide bonds. The molecule has 1 heterocycles. The van der Waals surface area contributed by atoms with Gasteiger partial charge in [0.15, 0.2) is 0 Å². The first-order valence-electron chi connectivity index (χ1n) is 5.74. The standard InChI is InChI=1S/C14H20O/c1-10-6-5-7-12(14(2,3)4)11-8-9-15-13(10)11/h6-7H,5,8-9H2,1-4H3. The normalized spacial score (nSPS) is 21.6. The minimum absolute atomic E-state index is 0.229. The number of allylic oxidation sites excluding steroid dienone is 4. The molecular weight excluding hydrogens is 184 g/mol.